The quantitative estimate of drug-likeness (QED) is 0.752. The summed E-state index contributed by atoms with van der Waals surface area (Å²) in [5, 5.41) is 7.03. The van der Waals surface area contributed by atoms with Gasteiger partial charge in [-0.2, -0.15) is 5.10 Å². The summed E-state index contributed by atoms with van der Waals surface area (Å²) in [5.41, 5.74) is 4.12. The average Bonchev–Trinajstić information content (AvgIpc) is 3.12. The van der Waals surface area contributed by atoms with E-state index in [2.05, 4.69) is 14.9 Å². The molecule has 2 aromatic heterocycles. The van der Waals surface area contributed by atoms with Crippen LogP contribution in [0.5, 0.6) is 0 Å². The highest BCUT2D eigenvalue weighted by molar-refractivity contribution is 7.94. The van der Waals surface area contributed by atoms with Crippen LogP contribution in [0.4, 0.5) is 5.69 Å². The number of H-pyrrole nitrogens is 1. The molecule has 0 spiro atoms. The Morgan fingerprint density at radius 1 is 1.09 bits per heavy atom. The van der Waals surface area contributed by atoms with E-state index in [1.54, 1.807) is 12.1 Å². The molecule has 0 aliphatic rings. The summed E-state index contributed by atoms with van der Waals surface area (Å²) >= 11 is 1.20. The van der Waals surface area contributed by atoms with Gasteiger partial charge in [0.15, 0.2) is 0 Å². The number of hydrogen-bond acceptors (Lipinski definition) is 4. The summed E-state index contributed by atoms with van der Waals surface area (Å²) < 4.78 is 28.2. The number of thiophene rings is 1. The normalized spacial score (nSPS) is 11.6. The van der Waals surface area contributed by atoms with Crippen LogP contribution in [0.2, 0.25) is 0 Å². The van der Waals surface area contributed by atoms with Crippen molar-refractivity contribution in [3.05, 3.63) is 53.2 Å². The molecule has 0 saturated carbocycles. The van der Waals surface area contributed by atoms with E-state index in [-0.39, 0.29) is 4.21 Å². The van der Waals surface area contributed by atoms with Gasteiger partial charge in [-0.25, -0.2) is 8.42 Å². The Balaban J connectivity index is 1.93. The standard InChI is InChI=1S/C16H17N3O2S2/c1-10-5-4-6-11(2)16(10)19-23(20,21)15-8-7-14(22-15)13-9-12(3)17-18-13/h4-9,19H,1-3H3,(H,17,18). The van der Waals surface area contributed by atoms with Gasteiger partial charge in [-0.3, -0.25) is 9.82 Å². The molecule has 1 aromatic carbocycles. The number of hydrogen-bond donors (Lipinski definition) is 2. The summed E-state index contributed by atoms with van der Waals surface area (Å²) in [6.45, 7) is 5.68. The minimum atomic E-state index is -3.61. The van der Waals surface area contributed by atoms with Crippen LogP contribution in [-0.2, 0) is 10.0 Å². The molecule has 2 N–H and O–H groups in total. The number of aryl methyl sites for hydroxylation is 3. The van der Waals surface area contributed by atoms with Crippen molar-refractivity contribution >= 4 is 27.0 Å². The SMILES string of the molecule is Cc1cc(-c2ccc(S(=O)(=O)Nc3c(C)cccc3C)s2)n[nH]1. The third-order valence-electron chi connectivity index (χ3n) is 3.52. The zero-order valence-electron chi connectivity index (χ0n) is 13.0. The van der Waals surface area contributed by atoms with E-state index >= 15 is 0 Å². The lowest BCUT2D eigenvalue weighted by molar-refractivity contribution is 0.603. The molecule has 3 aromatic rings. The fourth-order valence-electron chi connectivity index (χ4n) is 2.31. The Morgan fingerprint density at radius 3 is 2.39 bits per heavy atom. The second kappa shape index (κ2) is 5.82. The molecule has 0 radical (unpaired) electrons. The van der Waals surface area contributed by atoms with Gasteiger partial charge in [-0.15, -0.1) is 11.3 Å². The number of nitrogens with zero attached hydrogens (tertiary/aromatic N) is 1. The maximum atomic E-state index is 12.6. The number of para-hydroxylation sites is 1. The van der Waals surface area contributed by atoms with Crippen LogP contribution in [0.15, 0.2) is 40.6 Å². The van der Waals surface area contributed by atoms with Crippen LogP contribution in [0, 0.1) is 20.8 Å². The van der Waals surface area contributed by atoms with Gasteiger partial charge in [0.05, 0.1) is 10.6 Å². The smallest absolute Gasteiger partial charge is 0.271 e. The summed E-state index contributed by atoms with van der Waals surface area (Å²) in [4.78, 5) is 0.816. The van der Waals surface area contributed by atoms with Gasteiger partial charge in [0.1, 0.15) is 9.90 Å². The van der Waals surface area contributed by atoms with Crippen molar-refractivity contribution in [2.45, 2.75) is 25.0 Å². The first-order valence-electron chi connectivity index (χ1n) is 7.08. The van der Waals surface area contributed by atoms with Gasteiger partial charge < -0.3 is 0 Å². The van der Waals surface area contributed by atoms with Gasteiger partial charge >= 0.3 is 0 Å². The monoisotopic (exact) mass is 347 g/mol. The first kappa shape index (κ1) is 15.8. The van der Waals surface area contributed by atoms with Crippen LogP contribution in [0.1, 0.15) is 16.8 Å². The van der Waals surface area contributed by atoms with Gasteiger partial charge in [0.25, 0.3) is 10.0 Å². The van der Waals surface area contributed by atoms with E-state index in [1.807, 2.05) is 45.0 Å². The molecule has 0 atom stereocenters. The van der Waals surface area contributed by atoms with Gasteiger partial charge in [0, 0.05) is 5.69 Å². The molecule has 5 nitrogen and oxygen atoms in total. The van der Waals surface area contributed by atoms with Crippen LogP contribution in [0.3, 0.4) is 0 Å². The number of anilines is 1. The highest BCUT2D eigenvalue weighted by Crippen LogP contribution is 2.32. The van der Waals surface area contributed by atoms with Crippen LogP contribution >= 0.6 is 11.3 Å². The van der Waals surface area contributed by atoms with Gasteiger partial charge in [0.2, 0.25) is 0 Å². The lowest BCUT2D eigenvalue weighted by Gasteiger charge is -2.11. The zero-order valence-corrected chi connectivity index (χ0v) is 14.7. The van der Waals surface area contributed by atoms with Crippen molar-refractivity contribution in [3.63, 3.8) is 0 Å². The van der Waals surface area contributed by atoms with Gasteiger partial charge in [-0.05, 0) is 50.1 Å². The molecule has 7 heteroatoms. The number of nitrogens with one attached hydrogen (secondary N) is 2. The number of aromatic nitrogens is 2. The van der Waals surface area contributed by atoms with Crippen molar-refractivity contribution in [1.29, 1.82) is 0 Å². The van der Waals surface area contributed by atoms with Crippen molar-refractivity contribution in [1.82, 2.24) is 10.2 Å². The van der Waals surface area contributed by atoms with E-state index in [9.17, 15) is 8.42 Å². The Morgan fingerprint density at radius 2 is 1.78 bits per heavy atom. The number of sulfonamides is 1. The minimum Gasteiger partial charge on any atom is -0.282 e. The molecule has 23 heavy (non-hydrogen) atoms. The number of rotatable bonds is 4. The Bertz CT molecular complexity index is 935. The van der Waals surface area contributed by atoms with E-state index in [0.717, 1.165) is 27.4 Å². The summed E-state index contributed by atoms with van der Waals surface area (Å²) in [6.07, 6.45) is 0. The Hall–Kier alpha value is -2.12. The van der Waals surface area contributed by atoms with E-state index in [0.29, 0.717) is 5.69 Å². The van der Waals surface area contributed by atoms with E-state index < -0.39 is 10.0 Å². The second-order valence-electron chi connectivity index (χ2n) is 5.43. The summed E-state index contributed by atoms with van der Waals surface area (Å²) in [6, 6.07) is 11.0. The summed E-state index contributed by atoms with van der Waals surface area (Å²) in [5.74, 6) is 0. The highest BCUT2D eigenvalue weighted by atomic mass is 32.2. The molecule has 3 rings (SSSR count). The minimum absolute atomic E-state index is 0.274. The third-order valence-corrected chi connectivity index (χ3v) is 6.47. The molecule has 2 heterocycles. The molecule has 0 fully saturated rings. The molecule has 120 valence electrons. The van der Waals surface area contributed by atoms with Crippen molar-refractivity contribution < 1.29 is 8.42 Å². The molecular weight excluding hydrogens is 330 g/mol. The fraction of sp³-hybridized carbons (Fsp3) is 0.188. The first-order valence-corrected chi connectivity index (χ1v) is 9.38. The van der Waals surface area contributed by atoms with E-state index in [1.165, 1.54) is 11.3 Å². The van der Waals surface area contributed by atoms with Gasteiger partial charge in [-0.1, -0.05) is 18.2 Å². The zero-order chi connectivity index (χ0) is 16.6. The maximum absolute atomic E-state index is 12.6. The van der Waals surface area contributed by atoms with Crippen LogP contribution < -0.4 is 4.72 Å². The van der Waals surface area contributed by atoms with Crippen molar-refractivity contribution in [2.75, 3.05) is 4.72 Å². The fourth-order valence-corrected chi connectivity index (χ4v) is 4.78. The molecule has 0 bridgehead atoms. The Kier molecular flexibility index (Phi) is 3.99. The topological polar surface area (TPSA) is 74.8 Å². The predicted octanol–water partition coefficient (Wildman–Crippen LogP) is 3.86. The highest BCUT2D eigenvalue weighted by Gasteiger charge is 2.19. The lowest BCUT2D eigenvalue weighted by atomic mass is 10.1. The molecule has 0 unspecified atom stereocenters. The van der Waals surface area contributed by atoms with Crippen LogP contribution in [-0.4, -0.2) is 18.6 Å². The molecule has 0 amide bonds. The van der Waals surface area contributed by atoms with Crippen molar-refractivity contribution in [3.8, 4) is 10.6 Å². The lowest BCUT2D eigenvalue weighted by Crippen LogP contribution is -2.13. The van der Waals surface area contributed by atoms with Crippen molar-refractivity contribution in [2.24, 2.45) is 0 Å². The average molecular weight is 347 g/mol. The molecule has 0 aliphatic heterocycles. The van der Waals surface area contributed by atoms with E-state index in [4.69, 9.17) is 0 Å². The first-order chi connectivity index (χ1) is 10.9. The predicted molar refractivity (Wildman–Crippen MR) is 93.4 cm³/mol. The Labute approximate surface area is 139 Å². The number of aromatic amines is 1. The number of benzene rings is 1. The molecule has 0 aliphatic carbocycles. The third kappa shape index (κ3) is 3.16. The summed E-state index contributed by atoms with van der Waals surface area (Å²) in [7, 11) is -3.61. The molecular formula is C16H17N3O2S2. The van der Waals surface area contributed by atoms with Crippen LogP contribution in [0.25, 0.3) is 10.6 Å². The maximum Gasteiger partial charge on any atom is 0.271 e. The molecule has 0 saturated heterocycles. The second-order valence-corrected chi connectivity index (χ2v) is 8.42. The largest absolute Gasteiger partial charge is 0.282 e.